The Bertz CT molecular complexity index is 1400. The van der Waals surface area contributed by atoms with Gasteiger partial charge in [-0.1, -0.05) is 51.1 Å². The number of aliphatic hydroxyl groups is 1. The number of carbonyl (C=O) groups excluding carboxylic acids is 1. The number of aromatic nitrogens is 2. The number of thiophene rings is 1. The first kappa shape index (κ1) is 28.5. The van der Waals surface area contributed by atoms with Crippen LogP contribution in [-0.2, 0) is 6.42 Å². The first-order valence-electron chi connectivity index (χ1n) is 13.1. The maximum atomic E-state index is 11.8. The lowest BCUT2D eigenvalue weighted by atomic mass is 10.0. The highest BCUT2D eigenvalue weighted by atomic mass is 32.1. The minimum Gasteiger partial charge on any atom is -0.397 e. The van der Waals surface area contributed by atoms with Gasteiger partial charge in [0.1, 0.15) is 15.5 Å². The van der Waals surface area contributed by atoms with E-state index in [2.05, 4.69) is 28.2 Å². The van der Waals surface area contributed by atoms with E-state index in [-0.39, 0.29) is 7.43 Å². The summed E-state index contributed by atoms with van der Waals surface area (Å²) in [7, 11) is 0. The van der Waals surface area contributed by atoms with Crippen molar-refractivity contribution in [2.45, 2.75) is 52.2 Å². The van der Waals surface area contributed by atoms with Crippen molar-refractivity contribution in [2.75, 3.05) is 30.3 Å². The van der Waals surface area contributed by atoms with Crippen LogP contribution >= 0.6 is 11.3 Å². The number of fused-ring (bicyclic) bond motifs is 1. The standard InChI is InChI=1S/C29H34N6O2S.CH4/c1-2-4-20-15-24(34-29-25(20)26(30)27(38-29)28(31)37)35-13-10-22(11-14-35)33-17-23(36)19-8-6-18(7-9-19)21-5-3-12-32-16-21;/h3,5-9,12,15-16,22-23,33,36H,2,4,10-11,13-14,17,30H2,1H3,(H2,31,37);1H4. The van der Waals surface area contributed by atoms with Gasteiger partial charge in [0, 0.05) is 43.5 Å². The van der Waals surface area contributed by atoms with Crippen LogP contribution in [-0.4, -0.2) is 46.7 Å². The molecule has 5 rings (SSSR count). The van der Waals surface area contributed by atoms with Gasteiger partial charge < -0.3 is 26.8 Å². The van der Waals surface area contributed by atoms with Gasteiger partial charge in [0.05, 0.1) is 11.8 Å². The number of hydrogen-bond acceptors (Lipinski definition) is 8. The SMILES string of the molecule is C.CCCc1cc(N2CCC(NCC(O)c3ccc(-c4cccnc4)cc3)CC2)nc2sc(C(N)=O)c(N)c12. The first-order chi connectivity index (χ1) is 18.4. The van der Waals surface area contributed by atoms with Gasteiger partial charge in [0.15, 0.2) is 0 Å². The van der Waals surface area contributed by atoms with Gasteiger partial charge in [-0.3, -0.25) is 9.78 Å². The molecule has 6 N–H and O–H groups in total. The molecule has 9 heteroatoms. The summed E-state index contributed by atoms with van der Waals surface area (Å²) in [4.78, 5) is 24.3. The van der Waals surface area contributed by atoms with E-state index in [0.717, 1.165) is 77.1 Å². The van der Waals surface area contributed by atoms with Gasteiger partial charge in [0.2, 0.25) is 0 Å². The fourth-order valence-electron chi connectivity index (χ4n) is 5.14. The van der Waals surface area contributed by atoms with Crippen LogP contribution in [0.5, 0.6) is 0 Å². The average molecular weight is 547 g/mol. The molecule has 0 radical (unpaired) electrons. The lowest BCUT2D eigenvalue weighted by Gasteiger charge is -2.34. The van der Waals surface area contributed by atoms with Crippen LogP contribution in [0.3, 0.4) is 0 Å². The molecule has 39 heavy (non-hydrogen) atoms. The Hall–Kier alpha value is -3.53. The molecular formula is C30H38N6O2S. The van der Waals surface area contributed by atoms with Crippen LogP contribution in [0.25, 0.3) is 21.3 Å². The minimum atomic E-state index is -0.569. The zero-order valence-electron chi connectivity index (χ0n) is 21.6. The molecule has 4 aromatic rings. The van der Waals surface area contributed by atoms with Crippen LogP contribution in [0.2, 0.25) is 0 Å². The molecule has 0 aliphatic carbocycles. The summed E-state index contributed by atoms with van der Waals surface area (Å²) < 4.78 is 0. The number of amides is 1. The predicted octanol–water partition coefficient (Wildman–Crippen LogP) is 4.92. The number of rotatable bonds is 9. The zero-order chi connectivity index (χ0) is 26.6. The number of nitrogens with two attached hydrogens (primary N) is 2. The Morgan fingerprint density at radius 1 is 1.21 bits per heavy atom. The summed E-state index contributed by atoms with van der Waals surface area (Å²) in [6, 6.07) is 14.4. The Labute approximate surface area is 234 Å². The summed E-state index contributed by atoms with van der Waals surface area (Å²) >= 11 is 1.28. The Kier molecular flexibility index (Phi) is 9.16. The van der Waals surface area contributed by atoms with Crippen molar-refractivity contribution in [3.8, 4) is 11.1 Å². The van der Waals surface area contributed by atoms with Crippen LogP contribution in [0, 0.1) is 0 Å². The maximum Gasteiger partial charge on any atom is 0.260 e. The van der Waals surface area contributed by atoms with Crippen molar-refractivity contribution in [3.63, 3.8) is 0 Å². The number of nitrogen functional groups attached to an aromatic ring is 1. The van der Waals surface area contributed by atoms with Crippen molar-refractivity contribution in [2.24, 2.45) is 5.73 Å². The molecule has 1 amide bonds. The number of aliphatic hydroxyl groups excluding tert-OH is 1. The minimum absolute atomic E-state index is 0. The highest BCUT2D eigenvalue weighted by Gasteiger charge is 2.24. The number of carbonyl (C=O) groups is 1. The number of nitrogens with zero attached hydrogens (tertiary/aromatic N) is 3. The van der Waals surface area contributed by atoms with E-state index in [9.17, 15) is 9.90 Å². The van der Waals surface area contributed by atoms with E-state index < -0.39 is 12.0 Å². The van der Waals surface area contributed by atoms with Gasteiger partial charge in [0.25, 0.3) is 5.91 Å². The van der Waals surface area contributed by atoms with Gasteiger partial charge >= 0.3 is 0 Å². The molecule has 0 spiro atoms. The Balaban J connectivity index is 0.00000353. The van der Waals surface area contributed by atoms with Crippen molar-refractivity contribution >= 4 is 39.0 Å². The highest BCUT2D eigenvalue weighted by Crippen LogP contribution is 2.37. The monoisotopic (exact) mass is 546 g/mol. The molecule has 1 saturated heterocycles. The molecule has 206 valence electrons. The van der Waals surface area contributed by atoms with E-state index in [1.54, 1.807) is 6.20 Å². The van der Waals surface area contributed by atoms with Crippen LogP contribution < -0.4 is 21.7 Å². The Morgan fingerprint density at radius 2 is 1.95 bits per heavy atom. The van der Waals surface area contributed by atoms with Gasteiger partial charge in [-0.2, -0.15) is 0 Å². The van der Waals surface area contributed by atoms with Gasteiger partial charge in [-0.05, 0) is 53.6 Å². The number of primary amides is 1. The van der Waals surface area contributed by atoms with Crippen molar-refractivity contribution in [1.29, 1.82) is 0 Å². The second kappa shape index (κ2) is 12.5. The molecule has 0 saturated carbocycles. The third kappa shape index (κ3) is 6.21. The first-order valence-corrected chi connectivity index (χ1v) is 13.9. The summed E-state index contributed by atoms with van der Waals surface area (Å²) in [6.07, 6.45) is 6.78. The van der Waals surface area contributed by atoms with E-state index in [1.165, 1.54) is 11.3 Å². The molecular weight excluding hydrogens is 508 g/mol. The van der Waals surface area contributed by atoms with Crippen molar-refractivity contribution in [3.05, 3.63) is 70.9 Å². The molecule has 4 heterocycles. The molecule has 1 fully saturated rings. The summed E-state index contributed by atoms with van der Waals surface area (Å²) in [6.45, 7) is 4.36. The quantitative estimate of drug-likeness (QED) is 0.234. The van der Waals surface area contributed by atoms with Crippen molar-refractivity contribution in [1.82, 2.24) is 15.3 Å². The van der Waals surface area contributed by atoms with Gasteiger partial charge in [-0.15, -0.1) is 11.3 Å². The molecule has 1 atom stereocenters. The lowest BCUT2D eigenvalue weighted by molar-refractivity contribution is 0.100. The molecule has 1 aromatic carbocycles. The van der Waals surface area contributed by atoms with Crippen LogP contribution in [0.1, 0.15) is 60.5 Å². The van der Waals surface area contributed by atoms with Crippen LogP contribution in [0.15, 0.2) is 54.9 Å². The second-order valence-corrected chi connectivity index (χ2v) is 10.8. The third-order valence-corrected chi connectivity index (χ3v) is 8.33. The molecule has 3 aromatic heterocycles. The smallest absolute Gasteiger partial charge is 0.260 e. The molecule has 0 bridgehead atoms. The Morgan fingerprint density at radius 3 is 2.59 bits per heavy atom. The van der Waals surface area contributed by atoms with Crippen LogP contribution in [0.4, 0.5) is 11.5 Å². The van der Waals surface area contributed by atoms with Gasteiger partial charge in [-0.25, -0.2) is 4.98 Å². The second-order valence-electron chi connectivity index (χ2n) is 9.83. The van der Waals surface area contributed by atoms with E-state index in [0.29, 0.717) is 23.2 Å². The fourth-order valence-corrected chi connectivity index (χ4v) is 6.12. The van der Waals surface area contributed by atoms with E-state index >= 15 is 0 Å². The molecule has 1 aliphatic rings. The number of hydrogen-bond donors (Lipinski definition) is 4. The number of pyridine rings is 2. The average Bonchev–Trinajstić information content (AvgIpc) is 3.29. The van der Waals surface area contributed by atoms with E-state index in [1.807, 2.05) is 42.6 Å². The predicted molar refractivity (Wildman–Crippen MR) is 161 cm³/mol. The maximum absolute atomic E-state index is 11.8. The third-order valence-electron chi connectivity index (χ3n) is 7.22. The summed E-state index contributed by atoms with van der Waals surface area (Å²) in [5.41, 5.74) is 16.4. The number of piperidine rings is 1. The van der Waals surface area contributed by atoms with E-state index in [4.69, 9.17) is 16.5 Å². The molecule has 8 nitrogen and oxygen atoms in total. The lowest BCUT2D eigenvalue weighted by Crippen LogP contribution is -2.44. The largest absolute Gasteiger partial charge is 0.397 e. The topological polar surface area (TPSA) is 130 Å². The molecule has 1 aliphatic heterocycles. The number of anilines is 2. The molecule has 1 unspecified atom stereocenters. The number of nitrogens with one attached hydrogen (secondary N) is 1. The summed E-state index contributed by atoms with van der Waals surface area (Å²) in [5.74, 6) is 0.415. The highest BCUT2D eigenvalue weighted by molar-refractivity contribution is 7.21. The number of aryl methyl sites for hydroxylation is 1. The summed E-state index contributed by atoms with van der Waals surface area (Å²) in [5, 5.41) is 15.2. The normalized spacial score (nSPS) is 14.8. The van der Waals surface area contributed by atoms with Crippen molar-refractivity contribution < 1.29 is 9.90 Å². The number of benzene rings is 1. The zero-order valence-corrected chi connectivity index (χ0v) is 22.4. The fraction of sp³-hybridized carbons (Fsp3) is 0.367.